The average Bonchev–Trinajstić information content (AvgIpc) is 2.38. The summed E-state index contributed by atoms with van der Waals surface area (Å²) in [7, 11) is 1.36. The number of carbonyl (C=O) groups is 1. The molecule has 132 valence electrons. The van der Waals surface area contributed by atoms with Gasteiger partial charge in [0.05, 0.1) is 32.0 Å². The Balaban J connectivity index is 4.56. The van der Waals surface area contributed by atoms with E-state index in [0.717, 1.165) is 0 Å². The summed E-state index contributed by atoms with van der Waals surface area (Å²) in [6.07, 6.45) is 0.494. The highest BCUT2D eigenvalue weighted by Crippen LogP contribution is 2.54. The lowest BCUT2D eigenvalue weighted by atomic mass is 10.2. The van der Waals surface area contributed by atoms with E-state index in [4.69, 9.17) is 30.1 Å². The molecule has 0 aliphatic carbocycles. The standard InChI is InChI=1S/C14H29O6PS/c1-7-17-10-11-18-21(22,20-14(3,4)5)19-12(2)8-9-13(15)16-6/h12H,7-11H2,1-6H3. The van der Waals surface area contributed by atoms with Crippen LogP contribution >= 0.6 is 6.72 Å². The molecule has 0 saturated heterocycles. The minimum atomic E-state index is -2.90. The number of ether oxygens (including phenoxy) is 2. The smallest absolute Gasteiger partial charge is 0.328 e. The average molecular weight is 356 g/mol. The molecule has 0 fully saturated rings. The molecule has 0 rings (SSSR count). The summed E-state index contributed by atoms with van der Waals surface area (Å²) in [6, 6.07) is 0. The molecule has 0 aliphatic rings. The van der Waals surface area contributed by atoms with Crippen LogP contribution in [-0.4, -0.2) is 44.6 Å². The fraction of sp³-hybridized carbons (Fsp3) is 0.929. The van der Waals surface area contributed by atoms with E-state index in [-0.39, 0.29) is 18.5 Å². The van der Waals surface area contributed by atoms with E-state index in [2.05, 4.69) is 4.74 Å². The van der Waals surface area contributed by atoms with Crippen molar-refractivity contribution in [2.75, 3.05) is 26.9 Å². The first kappa shape index (κ1) is 22.0. The lowest BCUT2D eigenvalue weighted by molar-refractivity contribution is -0.141. The van der Waals surface area contributed by atoms with Gasteiger partial charge < -0.3 is 23.0 Å². The van der Waals surface area contributed by atoms with Gasteiger partial charge in [0.15, 0.2) is 0 Å². The lowest BCUT2D eigenvalue weighted by Gasteiger charge is -2.31. The number of esters is 1. The highest BCUT2D eigenvalue weighted by atomic mass is 32.5. The minimum Gasteiger partial charge on any atom is -0.469 e. The van der Waals surface area contributed by atoms with Crippen LogP contribution in [0.3, 0.4) is 0 Å². The molecule has 2 atom stereocenters. The Morgan fingerprint density at radius 2 is 1.91 bits per heavy atom. The molecule has 8 heteroatoms. The van der Waals surface area contributed by atoms with Crippen molar-refractivity contribution in [1.29, 1.82) is 0 Å². The lowest BCUT2D eigenvalue weighted by Crippen LogP contribution is -2.22. The summed E-state index contributed by atoms with van der Waals surface area (Å²) in [5.41, 5.74) is -0.483. The van der Waals surface area contributed by atoms with Crippen LogP contribution in [-0.2, 0) is 39.6 Å². The Kier molecular flexibility index (Phi) is 10.7. The third kappa shape index (κ3) is 11.5. The second-order valence-electron chi connectivity index (χ2n) is 5.71. The Hall–Kier alpha value is -0.0400. The van der Waals surface area contributed by atoms with Gasteiger partial charge in [-0.2, -0.15) is 0 Å². The van der Waals surface area contributed by atoms with E-state index >= 15 is 0 Å². The maximum Gasteiger partial charge on any atom is 0.328 e. The van der Waals surface area contributed by atoms with E-state index in [0.29, 0.717) is 26.2 Å². The van der Waals surface area contributed by atoms with Gasteiger partial charge in [0.25, 0.3) is 0 Å². The molecule has 22 heavy (non-hydrogen) atoms. The molecule has 0 aliphatic heterocycles. The first-order chi connectivity index (χ1) is 10.1. The van der Waals surface area contributed by atoms with Crippen LogP contribution < -0.4 is 0 Å². The molecule has 0 aromatic rings. The minimum absolute atomic E-state index is 0.264. The zero-order valence-electron chi connectivity index (χ0n) is 14.4. The molecule has 2 unspecified atom stereocenters. The van der Waals surface area contributed by atoms with Crippen LogP contribution in [0.15, 0.2) is 0 Å². The van der Waals surface area contributed by atoms with Crippen molar-refractivity contribution in [3.63, 3.8) is 0 Å². The Morgan fingerprint density at radius 1 is 1.27 bits per heavy atom. The summed E-state index contributed by atoms with van der Waals surface area (Å²) in [6.45, 7) is 7.87. The van der Waals surface area contributed by atoms with Gasteiger partial charge in [-0.3, -0.25) is 4.79 Å². The fourth-order valence-electron chi connectivity index (χ4n) is 1.46. The zero-order chi connectivity index (χ0) is 17.2. The molecule has 0 N–H and O–H groups in total. The van der Waals surface area contributed by atoms with Crippen molar-refractivity contribution in [3.05, 3.63) is 0 Å². The summed E-state index contributed by atoms with van der Waals surface area (Å²) in [5.74, 6) is -0.280. The van der Waals surface area contributed by atoms with Crippen LogP contribution in [0.5, 0.6) is 0 Å². The molecule has 0 heterocycles. The topological polar surface area (TPSA) is 63.2 Å². The maximum atomic E-state index is 11.2. The number of carbonyl (C=O) groups excluding carboxylic acids is 1. The van der Waals surface area contributed by atoms with Gasteiger partial charge in [-0.15, -0.1) is 0 Å². The Morgan fingerprint density at radius 3 is 2.41 bits per heavy atom. The van der Waals surface area contributed by atoms with Gasteiger partial charge in [-0.1, -0.05) is 0 Å². The second-order valence-corrected chi connectivity index (χ2v) is 8.60. The third-order valence-electron chi connectivity index (χ3n) is 2.36. The Bertz CT molecular complexity index is 369. The molecule has 6 nitrogen and oxygen atoms in total. The van der Waals surface area contributed by atoms with Crippen molar-refractivity contribution >= 4 is 24.5 Å². The van der Waals surface area contributed by atoms with Crippen molar-refractivity contribution in [2.45, 2.75) is 59.2 Å². The van der Waals surface area contributed by atoms with Crippen molar-refractivity contribution in [3.8, 4) is 0 Å². The molecule has 0 aromatic heterocycles. The highest BCUT2D eigenvalue weighted by molar-refractivity contribution is 8.07. The van der Waals surface area contributed by atoms with Gasteiger partial charge in [-0.05, 0) is 52.8 Å². The molecule has 0 radical (unpaired) electrons. The quantitative estimate of drug-likeness (QED) is 0.319. The number of hydrogen-bond acceptors (Lipinski definition) is 7. The first-order valence-corrected chi connectivity index (χ1v) is 9.95. The van der Waals surface area contributed by atoms with Crippen molar-refractivity contribution < 1.29 is 27.8 Å². The van der Waals surface area contributed by atoms with Crippen LogP contribution in [0.4, 0.5) is 0 Å². The Labute approximate surface area is 139 Å². The van der Waals surface area contributed by atoms with E-state index in [1.165, 1.54) is 7.11 Å². The summed E-state index contributed by atoms with van der Waals surface area (Å²) < 4.78 is 27.1. The van der Waals surface area contributed by atoms with E-state index in [1.54, 1.807) is 0 Å². The molecule has 0 aromatic carbocycles. The SMILES string of the molecule is CCOCCOP(=S)(OC(C)CCC(=O)OC)OC(C)(C)C. The normalized spacial score (nSPS) is 16.1. The number of hydrogen-bond donors (Lipinski definition) is 0. The molecular weight excluding hydrogens is 327 g/mol. The first-order valence-electron chi connectivity index (χ1n) is 7.40. The largest absolute Gasteiger partial charge is 0.469 e. The molecule has 0 spiro atoms. The van der Waals surface area contributed by atoms with E-state index < -0.39 is 12.3 Å². The van der Waals surface area contributed by atoms with Gasteiger partial charge in [-0.25, -0.2) is 0 Å². The van der Waals surface area contributed by atoms with Crippen molar-refractivity contribution in [1.82, 2.24) is 0 Å². The van der Waals surface area contributed by atoms with Gasteiger partial charge in [0, 0.05) is 13.0 Å². The van der Waals surface area contributed by atoms with E-state index in [1.807, 2.05) is 34.6 Å². The van der Waals surface area contributed by atoms with Crippen molar-refractivity contribution in [2.24, 2.45) is 0 Å². The zero-order valence-corrected chi connectivity index (χ0v) is 16.1. The van der Waals surface area contributed by atoms with Crippen LogP contribution in [0.1, 0.15) is 47.5 Å². The summed E-state index contributed by atoms with van der Waals surface area (Å²) in [5, 5.41) is 0. The van der Waals surface area contributed by atoms with Crippen LogP contribution in [0.2, 0.25) is 0 Å². The van der Waals surface area contributed by atoms with E-state index in [9.17, 15) is 4.79 Å². The molecule has 0 bridgehead atoms. The highest BCUT2D eigenvalue weighted by Gasteiger charge is 2.30. The second kappa shape index (κ2) is 10.7. The van der Waals surface area contributed by atoms with Gasteiger partial charge in [0.2, 0.25) is 0 Å². The van der Waals surface area contributed by atoms with Crippen LogP contribution in [0.25, 0.3) is 0 Å². The van der Waals surface area contributed by atoms with Gasteiger partial charge in [0.1, 0.15) is 0 Å². The molecule has 0 saturated carbocycles. The predicted octanol–water partition coefficient (Wildman–Crippen LogP) is 3.44. The van der Waals surface area contributed by atoms with Crippen LogP contribution in [0, 0.1) is 0 Å². The number of methoxy groups -OCH3 is 1. The monoisotopic (exact) mass is 356 g/mol. The van der Waals surface area contributed by atoms with Gasteiger partial charge >= 0.3 is 12.7 Å². The molecular formula is C14H29O6PS. The predicted molar refractivity (Wildman–Crippen MR) is 89.4 cm³/mol. The fourth-order valence-corrected chi connectivity index (χ4v) is 4.47. The summed E-state index contributed by atoms with van der Waals surface area (Å²) >= 11 is 5.46. The third-order valence-corrected chi connectivity index (χ3v) is 5.04. The number of rotatable bonds is 11. The molecule has 0 amide bonds. The maximum absolute atomic E-state index is 11.2. The summed E-state index contributed by atoms with van der Waals surface area (Å²) in [4.78, 5) is 11.2.